The summed E-state index contributed by atoms with van der Waals surface area (Å²) in [6, 6.07) is 44.3. The van der Waals surface area contributed by atoms with Crippen molar-refractivity contribution in [2.24, 2.45) is 0 Å². The molecule has 218 valence electrons. The first kappa shape index (κ1) is 26.8. The number of ether oxygens (including phenoxy) is 3. The number of aromatic nitrogens is 2. The lowest BCUT2D eigenvalue weighted by Crippen LogP contribution is -2.01. The average Bonchev–Trinajstić information content (AvgIpc) is 3.51. The summed E-state index contributed by atoms with van der Waals surface area (Å²) >= 11 is 0. The van der Waals surface area contributed by atoms with E-state index in [-0.39, 0.29) is 0 Å². The van der Waals surface area contributed by atoms with E-state index in [1.165, 1.54) is 32.3 Å². The summed E-state index contributed by atoms with van der Waals surface area (Å²) in [5, 5.41) is 7.38. The van der Waals surface area contributed by atoms with Gasteiger partial charge >= 0.3 is 0 Å². The van der Waals surface area contributed by atoms with Gasteiger partial charge in [-0.3, -0.25) is 4.57 Å². The number of imidazole rings is 1. The van der Waals surface area contributed by atoms with Gasteiger partial charge in [0.25, 0.3) is 0 Å². The van der Waals surface area contributed by atoms with Gasteiger partial charge in [0.15, 0.2) is 0 Å². The summed E-state index contributed by atoms with van der Waals surface area (Å²) in [6.07, 6.45) is 0. The highest BCUT2D eigenvalue weighted by Gasteiger charge is 2.24. The predicted molar refractivity (Wildman–Crippen MR) is 183 cm³/mol. The predicted octanol–water partition coefficient (Wildman–Crippen LogP) is 9.80. The second-order valence-electron chi connectivity index (χ2n) is 11.1. The molecule has 5 nitrogen and oxygen atoms in total. The van der Waals surface area contributed by atoms with E-state index in [0.717, 1.165) is 56.8 Å². The van der Waals surface area contributed by atoms with Crippen LogP contribution in [0.1, 0.15) is 0 Å². The molecule has 45 heavy (non-hydrogen) atoms. The van der Waals surface area contributed by atoms with E-state index in [0.29, 0.717) is 0 Å². The number of rotatable bonds is 7. The Morgan fingerprint density at radius 2 is 1.00 bits per heavy atom. The monoisotopic (exact) mass is 586 g/mol. The quantitative estimate of drug-likeness (QED) is 0.174. The van der Waals surface area contributed by atoms with Crippen LogP contribution in [0.3, 0.4) is 0 Å². The van der Waals surface area contributed by atoms with Crippen molar-refractivity contribution in [3.8, 4) is 56.8 Å². The van der Waals surface area contributed by atoms with Crippen molar-refractivity contribution in [1.82, 2.24) is 9.55 Å². The van der Waals surface area contributed by atoms with E-state index in [2.05, 4.69) is 95.6 Å². The van der Waals surface area contributed by atoms with Gasteiger partial charge in [-0.05, 0) is 111 Å². The Kier molecular flexibility index (Phi) is 6.38. The Morgan fingerprint density at radius 3 is 1.60 bits per heavy atom. The molecule has 0 fully saturated rings. The topological polar surface area (TPSA) is 45.5 Å². The second-order valence-corrected chi connectivity index (χ2v) is 11.1. The van der Waals surface area contributed by atoms with Gasteiger partial charge in [-0.15, -0.1) is 0 Å². The zero-order valence-corrected chi connectivity index (χ0v) is 25.2. The van der Waals surface area contributed by atoms with E-state index in [9.17, 15) is 0 Å². The fourth-order valence-electron chi connectivity index (χ4n) is 6.48. The minimum atomic E-state index is 0.796. The summed E-state index contributed by atoms with van der Waals surface area (Å²) < 4.78 is 18.8. The average molecular weight is 587 g/mol. The first-order chi connectivity index (χ1) is 22.2. The summed E-state index contributed by atoms with van der Waals surface area (Å²) in [5.74, 6) is 3.25. The molecule has 0 saturated heterocycles. The molecule has 0 unspecified atom stereocenters. The van der Waals surface area contributed by atoms with Crippen LogP contribution >= 0.6 is 0 Å². The summed E-state index contributed by atoms with van der Waals surface area (Å²) in [5.41, 5.74) is 5.91. The van der Waals surface area contributed by atoms with E-state index in [1.807, 2.05) is 36.4 Å². The summed E-state index contributed by atoms with van der Waals surface area (Å²) in [7, 11) is 5.06. The van der Waals surface area contributed by atoms with Crippen molar-refractivity contribution in [3.63, 3.8) is 0 Å². The number of hydrogen-bond donors (Lipinski definition) is 0. The van der Waals surface area contributed by atoms with E-state index in [4.69, 9.17) is 19.2 Å². The van der Waals surface area contributed by atoms with Crippen LogP contribution in [-0.2, 0) is 0 Å². The number of benzene rings is 7. The first-order valence-corrected chi connectivity index (χ1v) is 14.9. The van der Waals surface area contributed by atoms with Crippen LogP contribution in [0.15, 0.2) is 127 Å². The van der Waals surface area contributed by atoms with Crippen molar-refractivity contribution in [2.75, 3.05) is 21.3 Å². The van der Waals surface area contributed by atoms with Gasteiger partial charge in [0.05, 0.1) is 32.7 Å². The maximum Gasteiger partial charge on any atom is 0.146 e. The molecule has 8 aromatic rings. The highest BCUT2D eigenvalue weighted by atomic mass is 16.5. The van der Waals surface area contributed by atoms with Crippen LogP contribution in [0.5, 0.6) is 17.2 Å². The zero-order chi connectivity index (χ0) is 30.5. The van der Waals surface area contributed by atoms with Gasteiger partial charge in [-0.1, -0.05) is 48.5 Å². The standard InChI is InChI=1S/C40H30N2O3/c1-43-31-17-9-28(10-18-31)38-39(29-11-19-32(44-2)20-12-29)42(30-15-21-33(45-3)22-16-30)40(41-38)35-24-14-27-8-7-25-5-4-6-26-13-23-34(35)37(27)36(25)26/h4-24H,1-3H3. The first-order valence-electron chi connectivity index (χ1n) is 14.9. The minimum Gasteiger partial charge on any atom is -0.497 e. The minimum absolute atomic E-state index is 0.796. The molecule has 0 amide bonds. The van der Waals surface area contributed by atoms with Gasteiger partial charge < -0.3 is 14.2 Å². The van der Waals surface area contributed by atoms with Crippen molar-refractivity contribution in [1.29, 1.82) is 0 Å². The Balaban J connectivity index is 1.49. The van der Waals surface area contributed by atoms with Crippen molar-refractivity contribution in [2.45, 2.75) is 0 Å². The van der Waals surface area contributed by atoms with E-state index >= 15 is 0 Å². The largest absolute Gasteiger partial charge is 0.497 e. The third-order valence-electron chi connectivity index (χ3n) is 8.70. The maximum atomic E-state index is 5.53. The van der Waals surface area contributed by atoms with Crippen LogP contribution in [0.2, 0.25) is 0 Å². The van der Waals surface area contributed by atoms with Gasteiger partial charge in [-0.2, -0.15) is 0 Å². The second kappa shape index (κ2) is 10.7. The van der Waals surface area contributed by atoms with Crippen LogP contribution in [-0.4, -0.2) is 30.9 Å². The molecule has 0 radical (unpaired) electrons. The molecule has 8 rings (SSSR count). The third kappa shape index (κ3) is 4.35. The molecule has 0 saturated carbocycles. The van der Waals surface area contributed by atoms with Gasteiger partial charge in [0.1, 0.15) is 23.1 Å². The van der Waals surface area contributed by atoms with E-state index in [1.54, 1.807) is 21.3 Å². The molecule has 5 heteroatoms. The van der Waals surface area contributed by atoms with Crippen molar-refractivity contribution < 1.29 is 14.2 Å². The smallest absolute Gasteiger partial charge is 0.146 e. The van der Waals surface area contributed by atoms with E-state index < -0.39 is 0 Å². The van der Waals surface area contributed by atoms with Crippen molar-refractivity contribution in [3.05, 3.63) is 127 Å². The maximum absolute atomic E-state index is 5.53. The number of hydrogen-bond acceptors (Lipinski definition) is 4. The number of nitrogens with zero attached hydrogens (tertiary/aromatic N) is 2. The lowest BCUT2D eigenvalue weighted by Gasteiger charge is -2.17. The molecule has 0 N–H and O–H groups in total. The summed E-state index contributed by atoms with van der Waals surface area (Å²) in [6.45, 7) is 0. The molecular weight excluding hydrogens is 556 g/mol. The molecule has 0 aliphatic carbocycles. The fraction of sp³-hybridized carbons (Fsp3) is 0.0750. The van der Waals surface area contributed by atoms with Gasteiger partial charge in [-0.25, -0.2) is 4.98 Å². The van der Waals surface area contributed by atoms with Crippen molar-refractivity contribution >= 4 is 32.3 Å². The third-order valence-corrected chi connectivity index (χ3v) is 8.70. The Morgan fingerprint density at radius 1 is 0.489 bits per heavy atom. The molecule has 1 heterocycles. The highest BCUT2D eigenvalue weighted by Crippen LogP contribution is 2.44. The molecule has 0 spiro atoms. The van der Waals surface area contributed by atoms with Crippen LogP contribution in [0.4, 0.5) is 0 Å². The fourth-order valence-corrected chi connectivity index (χ4v) is 6.48. The molecule has 1 aromatic heterocycles. The molecule has 0 bridgehead atoms. The SMILES string of the molecule is COc1ccc(-c2nc(-c3ccc4ccc5cccc6ccc3c4c56)n(-c3ccc(OC)cc3)c2-c2ccc(OC)cc2)cc1. The lowest BCUT2D eigenvalue weighted by molar-refractivity contribution is 0.414. The molecule has 0 atom stereocenters. The molecule has 7 aromatic carbocycles. The van der Waals surface area contributed by atoms with Crippen LogP contribution in [0.25, 0.3) is 71.9 Å². The number of methoxy groups -OCH3 is 3. The molecule has 0 aliphatic heterocycles. The summed E-state index contributed by atoms with van der Waals surface area (Å²) in [4.78, 5) is 5.49. The van der Waals surface area contributed by atoms with Gasteiger partial charge in [0.2, 0.25) is 0 Å². The van der Waals surface area contributed by atoms with Gasteiger partial charge in [0, 0.05) is 22.4 Å². The lowest BCUT2D eigenvalue weighted by atomic mass is 9.92. The molecule has 0 aliphatic rings. The molecular formula is C40H30N2O3. The Bertz CT molecular complexity index is 2290. The van der Waals surface area contributed by atoms with Crippen LogP contribution in [0, 0.1) is 0 Å². The zero-order valence-electron chi connectivity index (χ0n) is 25.2. The highest BCUT2D eigenvalue weighted by molar-refractivity contribution is 6.25. The normalized spacial score (nSPS) is 11.4. The Hall–Kier alpha value is -5.81. The Labute approximate surface area is 261 Å². The van der Waals surface area contributed by atoms with Crippen LogP contribution < -0.4 is 14.2 Å².